The molecule has 0 unspecified atom stereocenters. The average molecular weight is 499 g/mol. The van der Waals surface area contributed by atoms with Crippen LogP contribution < -0.4 is 4.74 Å². The number of hydrogen-bond acceptors (Lipinski definition) is 3. The number of ether oxygens (including phenoxy) is 1. The van der Waals surface area contributed by atoms with Crippen LogP contribution in [0.15, 0.2) is 112 Å². The van der Waals surface area contributed by atoms with Crippen LogP contribution in [-0.2, 0) is 5.41 Å². The fraction of sp³-hybridized carbons (Fsp3) is 0.250. The standard InChI is InChI=1S/C32H34OS2/c1-31(2,3)25-11-7-23(8-12-25)24-9-17-28(18-10-24)34-29-19-13-26(14-20-29)33-27-15-21-30(22-16-27)35-32(4,5)6/h7-22H,1-6H3. The maximum Gasteiger partial charge on any atom is 0.127 e. The van der Waals surface area contributed by atoms with E-state index in [0.29, 0.717) is 0 Å². The largest absolute Gasteiger partial charge is 0.457 e. The van der Waals surface area contributed by atoms with Gasteiger partial charge >= 0.3 is 0 Å². The van der Waals surface area contributed by atoms with Gasteiger partial charge in [0.15, 0.2) is 0 Å². The molecule has 0 aliphatic carbocycles. The molecule has 0 aromatic heterocycles. The molecular formula is C32H34OS2. The lowest BCUT2D eigenvalue weighted by atomic mass is 9.86. The third-order valence-electron chi connectivity index (χ3n) is 5.48. The number of hydrogen-bond donors (Lipinski definition) is 0. The molecule has 0 amide bonds. The number of thioether (sulfide) groups is 1. The molecule has 0 saturated heterocycles. The Morgan fingerprint density at radius 3 is 1.31 bits per heavy atom. The van der Waals surface area contributed by atoms with E-state index in [1.54, 1.807) is 11.8 Å². The summed E-state index contributed by atoms with van der Waals surface area (Å²) in [6.07, 6.45) is 0. The van der Waals surface area contributed by atoms with Crippen molar-refractivity contribution in [1.82, 2.24) is 0 Å². The van der Waals surface area contributed by atoms with Crippen molar-refractivity contribution in [2.45, 2.75) is 66.4 Å². The van der Waals surface area contributed by atoms with Gasteiger partial charge in [0.05, 0.1) is 0 Å². The van der Waals surface area contributed by atoms with Gasteiger partial charge in [0.1, 0.15) is 11.5 Å². The van der Waals surface area contributed by atoms with Gasteiger partial charge in [-0.15, -0.1) is 11.8 Å². The molecule has 0 radical (unpaired) electrons. The lowest BCUT2D eigenvalue weighted by molar-refractivity contribution is 0.482. The second kappa shape index (κ2) is 10.6. The predicted molar refractivity (Wildman–Crippen MR) is 153 cm³/mol. The Morgan fingerprint density at radius 1 is 0.486 bits per heavy atom. The summed E-state index contributed by atoms with van der Waals surface area (Å²) < 4.78 is 6.25. The molecular weight excluding hydrogens is 464 g/mol. The molecule has 4 aromatic rings. The van der Waals surface area contributed by atoms with E-state index in [9.17, 15) is 0 Å². The summed E-state index contributed by atoms with van der Waals surface area (Å²) in [5.41, 5.74) is 4.03. The Morgan fingerprint density at radius 2 is 0.886 bits per heavy atom. The first-order valence-corrected chi connectivity index (χ1v) is 13.6. The zero-order valence-corrected chi connectivity index (χ0v) is 23.1. The highest BCUT2D eigenvalue weighted by Gasteiger charge is 2.13. The zero-order valence-electron chi connectivity index (χ0n) is 21.5. The first kappa shape index (κ1) is 25.5. The van der Waals surface area contributed by atoms with Crippen LogP contribution in [0.3, 0.4) is 0 Å². The minimum absolute atomic E-state index is 0.176. The van der Waals surface area contributed by atoms with Gasteiger partial charge in [0.2, 0.25) is 0 Å². The van der Waals surface area contributed by atoms with E-state index in [0.717, 1.165) is 11.5 Å². The summed E-state index contributed by atoms with van der Waals surface area (Å²) in [5, 5.41) is 0. The smallest absolute Gasteiger partial charge is 0.127 e. The molecule has 0 bridgehead atoms. The maximum absolute atomic E-state index is 6.04. The highest BCUT2D eigenvalue weighted by Crippen LogP contribution is 2.35. The van der Waals surface area contributed by atoms with Crippen molar-refractivity contribution < 1.29 is 4.74 Å². The summed E-state index contributed by atoms with van der Waals surface area (Å²) in [6, 6.07) is 34.3. The van der Waals surface area contributed by atoms with E-state index >= 15 is 0 Å². The van der Waals surface area contributed by atoms with Crippen LogP contribution in [0, 0.1) is 0 Å². The van der Waals surface area contributed by atoms with Gasteiger partial charge in [-0.1, -0.05) is 89.7 Å². The first-order valence-electron chi connectivity index (χ1n) is 12.0. The summed E-state index contributed by atoms with van der Waals surface area (Å²) >= 11 is 3.62. The summed E-state index contributed by atoms with van der Waals surface area (Å²) in [6.45, 7) is 13.4. The quantitative estimate of drug-likeness (QED) is 0.245. The molecule has 0 fully saturated rings. The molecule has 0 aliphatic heterocycles. The third-order valence-corrected chi connectivity index (χ3v) is 7.62. The minimum Gasteiger partial charge on any atom is -0.457 e. The van der Waals surface area contributed by atoms with Crippen molar-refractivity contribution >= 4 is 23.5 Å². The van der Waals surface area contributed by atoms with Crippen LogP contribution in [0.4, 0.5) is 0 Å². The summed E-state index contributed by atoms with van der Waals surface area (Å²) in [4.78, 5) is 3.67. The Kier molecular flexibility index (Phi) is 7.68. The van der Waals surface area contributed by atoms with Crippen LogP contribution in [0.2, 0.25) is 0 Å². The van der Waals surface area contributed by atoms with Crippen LogP contribution in [0.5, 0.6) is 11.5 Å². The predicted octanol–water partition coefficient (Wildman–Crippen LogP) is 10.5. The summed E-state index contributed by atoms with van der Waals surface area (Å²) in [5.74, 6) is 1.70. The highest BCUT2D eigenvalue weighted by molar-refractivity contribution is 8.00. The van der Waals surface area contributed by atoms with Gasteiger partial charge in [0.25, 0.3) is 0 Å². The molecule has 0 N–H and O–H groups in total. The van der Waals surface area contributed by atoms with Crippen molar-refractivity contribution in [3.63, 3.8) is 0 Å². The van der Waals surface area contributed by atoms with Crippen molar-refractivity contribution in [2.75, 3.05) is 0 Å². The molecule has 4 rings (SSSR count). The fourth-order valence-corrected chi connectivity index (χ4v) is 5.45. The van der Waals surface area contributed by atoms with Crippen molar-refractivity contribution in [1.29, 1.82) is 0 Å². The van der Waals surface area contributed by atoms with Crippen molar-refractivity contribution in [2.24, 2.45) is 0 Å². The van der Waals surface area contributed by atoms with Gasteiger partial charge < -0.3 is 4.74 Å². The Hall–Kier alpha value is -2.62. The average Bonchev–Trinajstić information content (AvgIpc) is 2.81. The van der Waals surface area contributed by atoms with E-state index in [-0.39, 0.29) is 10.2 Å². The Balaban J connectivity index is 1.35. The second-order valence-electron chi connectivity index (χ2n) is 10.7. The lowest BCUT2D eigenvalue weighted by Crippen LogP contribution is -2.10. The van der Waals surface area contributed by atoms with E-state index in [2.05, 4.69) is 114 Å². The molecule has 4 aromatic carbocycles. The monoisotopic (exact) mass is 498 g/mol. The third kappa shape index (κ3) is 7.43. The van der Waals surface area contributed by atoms with Gasteiger partial charge in [-0.2, -0.15) is 0 Å². The molecule has 0 spiro atoms. The maximum atomic E-state index is 6.04. The molecule has 0 aliphatic rings. The lowest BCUT2D eigenvalue weighted by Gasteiger charge is -2.19. The normalized spacial score (nSPS) is 11.9. The number of benzene rings is 4. The van der Waals surface area contributed by atoms with Gasteiger partial charge in [-0.25, -0.2) is 0 Å². The molecule has 0 atom stereocenters. The molecule has 1 nitrogen and oxygen atoms in total. The molecule has 180 valence electrons. The van der Waals surface area contributed by atoms with E-state index in [1.165, 1.54) is 31.4 Å². The van der Waals surface area contributed by atoms with Crippen LogP contribution in [0.1, 0.15) is 47.1 Å². The van der Waals surface area contributed by atoms with E-state index in [1.807, 2.05) is 36.0 Å². The second-order valence-corrected chi connectivity index (χ2v) is 13.8. The first-order chi connectivity index (χ1) is 16.5. The fourth-order valence-electron chi connectivity index (χ4n) is 3.66. The van der Waals surface area contributed by atoms with Gasteiger partial charge in [-0.3, -0.25) is 0 Å². The molecule has 0 saturated carbocycles. The van der Waals surface area contributed by atoms with Crippen molar-refractivity contribution in [3.05, 3.63) is 103 Å². The zero-order chi connectivity index (χ0) is 25.1. The van der Waals surface area contributed by atoms with Gasteiger partial charge in [0, 0.05) is 19.4 Å². The highest BCUT2D eigenvalue weighted by atomic mass is 32.2. The molecule has 35 heavy (non-hydrogen) atoms. The van der Waals surface area contributed by atoms with Crippen LogP contribution in [0.25, 0.3) is 11.1 Å². The van der Waals surface area contributed by atoms with E-state index < -0.39 is 0 Å². The van der Waals surface area contributed by atoms with Crippen LogP contribution >= 0.6 is 23.5 Å². The van der Waals surface area contributed by atoms with Gasteiger partial charge in [-0.05, 0) is 82.8 Å². The molecule has 0 heterocycles. The Bertz CT molecular complexity index is 1230. The minimum atomic E-state index is 0.176. The van der Waals surface area contributed by atoms with Crippen LogP contribution in [-0.4, -0.2) is 4.75 Å². The van der Waals surface area contributed by atoms with Crippen molar-refractivity contribution in [3.8, 4) is 22.6 Å². The Labute approximate surface area is 219 Å². The topological polar surface area (TPSA) is 9.23 Å². The molecule has 3 heteroatoms. The van der Waals surface area contributed by atoms with E-state index in [4.69, 9.17) is 4.74 Å². The SMILES string of the molecule is CC(C)(C)Sc1ccc(Oc2ccc(Sc3ccc(-c4ccc(C(C)(C)C)cc4)cc3)cc2)cc1. The summed E-state index contributed by atoms with van der Waals surface area (Å²) in [7, 11) is 0. The number of rotatable bonds is 6.